The first kappa shape index (κ1) is 92.2. The van der Waals surface area contributed by atoms with Gasteiger partial charge in [-0.3, -0.25) is 29.3 Å². The molecule has 0 spiro atoms. The lowest BCUT2D eigenvalue weighted by atomic mass is 9.94. The van der Waals surface area contributed by atoms with Crippen LogP contribution in [0.25, 0.3) is 98.4 Å². The Bertz CT molecular complexity index is 7220. The van der Waals surface area contributed by atoms with Crippen molar-refractivity contribution >= 4 is 177 Å². The van der Waals surface area contributed by atoms with Crippen LogP contribution in [0.3, 0.4) is 0 Å². The second-order valence-electron chi connectivity index (χ2n) is 34.2. The number of ether oxygens (including phenoxy) is 3. The Balaban J connectivity index is 0.000000130. The number of fused-ring (bicyclic) bond motifs is 24. The van der Waals surface area contributed by atoms with Gasteiger partial charge in [-0.05, 0) is 171 Å². The predicted octanol–water partition coefficient (Wildman–Crippen LogP) is 24.2. The Labute approximate surface area is 814 Å². The molecule has 24 bridgehead atoms. The largest absolute Gasteiger partial charge is 0.493 e. The van der Waals surface area contributed by atoms with E-state index in [0.29, 0.717) is 85.6 Å². The van der Waals surface area contributed by atoms with Crippen LogP contribution in [0, 0.1) is 27.7 Å². The van der Waals surface area contributed by atoms with E-state index >= 15 is 0 Å². The number of hydrogen-bond acceptors (Lipinski definition) is 18. The smallest absolute Gasteiger partial charge is 0.352 e. The molecule has 0 unspecified atom stereocenters. The summed E-state index contributed by atoms with van der Waals surface area (Å²) in [6.07, 6.45) is 3.65. The lowest BCUT2D eigenvalue weighted by molar-refractivity contribution is 0.0675. The number of aryl methyl sites for hydroxylation is 12. The van der Waals surface area contributed by atoms with Crippen LogP contribution < -0.4 is 14.2 Å². The number of H-pyrrole nitrogens is 3. The third-order valence-electron chi connectivity index (χ3n) is 25.5. The van der Waals surface area contributed by atoms with E-state index < -0.39 is 17.9 Å². The van der Waals surface area contributed by atoms with Gasteiger partial charge in [-0.2, -0.15) is 30.6 Å². The monoisotopic (exact) mass is 1950 g/mol. The number of benzene rings is 9. The van der Waals surface area contributed by atoms with Crippen LogP contribution in [0.5, 0.6) is 17.2 Å². The van der Waals surface area contributed by atoms with Gasteiger partial charge in [0.05, 0.1) is 92.0 Å². The average molecular weight is 1950 g/mol. The minimum Gasteiger partial charge on any atom is -0.493 e. The zero-order valence-corrected chi connectivity index (χ0v) is 82.6. The van der Waals surface area contributed by atoms with Crippen molar-refractivity contribution in [2.75, 3.05) is 19.8 Å². The third kappa shape index (κ3) is 18.4. The molecule has 6 N–H and O–H groups in total. The molecule has 21 rings (SSSR count). The third-order valence-corrected chi connectivity index (χ3v) is 32.1. The maximum absolute atomic E-state index is 12.7. The highest BCUT2D eigenvalue weighted by Gasteiger charge is 2.33. The van der Waals surface area contributed by atoms with E-state index in [1.54, 1.807) is 79.7 Å². The van der Waals surface area contributed by atoms with Crippen molar-refractivity contribution in [1.82, 2.24) is 73.6 Å². The van der Waals surface area contributed by atoms with E-state index in [1.165, 1.54) is 0 Å². The highest BCUT2D eigenvalue weighted by molar-refractivity contribution is 7.99. The first-order valence-electron chi connectivity index (χ1n) is 44.6. The van der Waals surface area contributed by atoms with E-state index in [4.69, 9.17) is 52.7 Å². The lowest BCUT2D eigenvalue weighted by Crippen LogP contribution is -2.09. The summed E-state index contributed by atoms with van der Waals surface area (Å²) in [4.78, 5) is 41.5. The summed E-state index contributed by atoms with van der Waals surface area (Å²) in [5.41, 5.74) is 24.6. The Kier molecular flexibility index (Phi) is 26.9. The molecule has 0 radical (unpaired) electrons. The molecular weight excluding hydrogens is 1850 g/mol. The summed E-state index contributed by atoms with van der Waals surface area (Å²) >= 11 is 24.5. The molecule has 12 heterocycles. The summed E-state index contributed by atoms with van der Waals surface area (Å²) in [6, 6.07) is 55.9. The minimum atomic E-state index is -0.964. The van der Waals surface area contributed by atoms with E-state index in [-0.39, 0.29) is 11.4 Å². The van der Waals surface area contributed by atoms with Crippen molar-refractivity contribution in [2.45, 2.75) is 133 Å². The molecule has 0 fully saturated rings. The van der Waals surface area contributed by atoms with Crippen LogP contribution >= 0.6 is 93.8 Å². The summed E-state index contributed by atoms with van der Waals surface area (Å²) in [5.74, 6) is 6.26. The van der Waals surface area contributed by atoms with Gasteiger partial charge in [0.1, 0.15) is 34.3 Å². The van der Waals surface area contributed by atoms with Gasteiger partial charge < -0.3 is 43.2 Å². The van der Waals surface area contributed by atoms with Crippen molar-refractivity contribution in [3.05, 3.63) is 281 Å². The van der Waals surface area contributed by atoms with Crippen molar-refractivity contribution in [1.29, 1.82) is 0 Å². The molecule has 9 aromatic carbocycles. The van der Waals surface area contributed by atoms with Gasteiger partial charge in [-0.25, -0.2) is 14.4 Å². The second-order valence-corrected chi connectivity index (χ2v) is 41.2. The lowest BCUT2D eigenvalue weighted by Gasteiger charge is -2.13. The number of carbonyl (C=O) groups is 3. The summed E-state index contributed by atoms with van der Waals surface area (Å²) < 4.78 is 30.4. The van der Waals surface area contributed by atoms with E-state index in [0.717, 1.165) is 261 Å². The number of carboxylic acids is 3. The van der Waals surface area contributed by atoms with Crippen LogP contribution in [0.15, 0.2) is 178 Å². The van der Waals surface area contributed by atoms with E-state index in [9.17, 15) is 29.7 Å². The molecule has 690 valence electrons. The van der Waals surface area contributed by atoms with Gasteiger partial charge in [-0.15, -0.1) is 70.6 Å². The number of rotatable bonds is 3. The summed E-state index contributed by atoms with van der Waals surface area (Å²) in [5, 5.41) is 79.5. The fourth-order valence-corrected chi connectivity index (χ4v) is 25.3. The van der Waals surface area contributed by atoms with Crippen molar-refractivity contribution in [2.24, 2.45) is 42.3 Å². The second kappa shape index (κ2) is 39.4. The number of aromatic carboxylic acids is 3. The zero-order chi connectivity index (χ0) is 93.7. The van der Waals surface area contributed by atoms with E-state index in [2.05, 4.69) is 141 Å². The average Bonchev–Trinajstić information content (AvgIpc) is 1.59. The van der Waals surface area contributed by atoms with Crippen LogP contribution in [-0.4, -0.2) is 127 Å². The molecule has 0 saturated heterocycles. The predicted molar refractivity (Wildman–Crippen MR) is 548 cm³/mol. The highest BCUT2D eigenvalue weighted by atomic mass is 35.5. The van der Waals surface area contributed by atoms with Gasteiger partial charge >= 0.3 is 17.9 Å². The van der Waals surface area contributed by atoms with E-state index in [1.807, 2.05) is 142 Å². The van der Waals surface area contributed by atoms with Crippen molar-refractivity contribution in [3.63, 3.8) is 0 Å². The number of thioether (sulfide) groups is 6. The molecule has 24 nitrogen and oxygen atoms in total. The Morgan fingerprint density at radius 3 is 1.10 bits per heavy atom. The minimum absolute atomic E-state index is 0.270. The summed E-state index contributed by atoms with van der Waals surface area (Å²) in [6.45, 7) is 9.51. The van der Waals surface area contributed by atoms with Crippen LogP contribution in [0.2, 0.25) is 10.0 Å². The van der Waals surface area contributed by atoms with Gasteiger partial charge in [0.2, 0.25) is 0 Å². The maximum atomic E-state index is 12.7. The number of aromatic nitrogens is 15. The fourth-order valence-electron chi connectivity index (χ4n) is 19.4. The Morgan fingerprint density at radius 2 is 0.719 bits per heavy atom. The molecule has 32 heteroatoms. The fraction of sp³-hybridized carbons (Fsp3) is 0.272. The Hall–Kier alpha value is -11.9. The SMILES string of the molecule is Cc1c2c(nn1C)CSCc1cc([nH]n1)CSc1cc(c3ccccc3c1)OCCCc1c(C(=O)O)n(C)c3c-2c(Cl)ccc13.Cc1ccc2c3c(C(=O)O)n(C)c2c1-c1c(C)nn(C)c1CSCc1cc([nH]n1)CSc1cc(c2ccccc2c1)OCCC3.Cc1nn(C)c2c1-c1c(Cl)ccc3c(c(C(=O)O)n(C)c13)CCCOc1cc(cc3ccccc13)SCc1cc(n[nH]1)CSC2. The summed E-state index contributed by atoms with van der Waals surface area (Å²) in [7, 11) is 11.4. The number of carboxylic acid groups (broad SMARTS) is 3. The number of nitrogens with one attached hydrogen (secondary N) is 3. The topological polar surface area (TPSA) is 294 Å². The maximum Gasteiger partial charge on any atom is 0.352 e. The van der Waals surface area contributed by atoms with Crippen LogP contribution in [0.4, 0.5) is 0 Å². The molecule has 3 aliphatic rings. The zero-order valence-electron chi connectivity index (χ0n) is 76.2. The van der Waals surface area contributed by atoms with Crippen molar-refractivity contribution < 1.29 is 43.9 Å². The molecule has 0 aliphatic carbocycles. The first-order valence-corrected chi connectivity index (χ1v) is 51.7. The van der Waals surface area contributed by atoms with Gasteiger partial charge in [0, 0.05) is 197 Å². The first-order chi connectivity index (χ1) is 65.4. The molecule has 0 saturated carbocycles. The quantitative estimate of drug-likeness (QED) is 0.0958. The van der Waals surface area contributed by atoms with Crippen LogP contribution in [0.1, 0.15) is 141 Å². The number of nitrogens with zero attached hydrogens (tertiary/aromatic N) is 12. The standard InChI is InChI=1S/C35H35N5O3S2.2C34H32ClN5O3S2/c1-20-11-12-28-27-10-7-13-43-30-16-25(14-22-8-5-6-9-26(22)30)45-18-24-15-23(36-37-24)17-44-19-29-32(21(2)38-40(29)4)31(20)33(28)39(3)34(27)35(41)42;1-19-30-28(38-40(19)3)18-44-16-21-14-22(37-36-21)17-45-23-13-20-7-4-5-8-24(20)29(15-23)43-12-6-9-25-26-10-11-27(35)31(30)32(26)39(2)33(25)34(41)42;1-19-30-28(40(3)38-19)18-44-16-21-14-22(37-36-21)17-45-23-13-20-7-4-5-8-24(20)29(15-23)43-12-6-9-25-26-10-11-27(35)31(30)32(26)39(2)33(25)34(41)42/h5-6,8-9,11-12,14-16H,7,10,13,17-19H2,1-4H3,(H,36,37)(H,41,42);2*4-5,7-8,10-11,13-15H,6,9,12,16-18H2,1-3H3,(H,36,37)(H,41,42). The highest BCUT2D eigenvalue weighted by Crippen LogP contribution is 2.48. The molecule has 3 aliphatic heterocycles. The molecule has 9 aromatic heterocycles. The molecule has 18 aromatic rings. The van der Waals surface area contributed by atoms with Gasteiger partial charge in [-0.1, -0.05) is 120 Å². The normalized spacial score (nSPS) is 14.3. The molecule has 135 heavy (non-hydrogen) atoms. The molecule has 0 atom stereocenters. The number of halogens is 2. The number of hydrogen-bond donors (Lipinski definition) is 6. The van der Waals surface area contributed by atoms with Gasteiger partial charge in [0.15, 0.2) is 0 Å². The van der Waals surface area contributed by atoms with Crippen molar-refractivity contribution in [3.8, 4) is 50.6 Å². The molecular formula is C103H99Cl2N15O9S6. The number of aromatic amines is 3. The Morgan fingerprint density at radius 1 is 0.370 bits per heavy atom. The molecule has 0 amide bonds. The van der Waals surface area contributed by atoms with Gasteiger partial charge in [0.25, 0.3) is 0 Å². The van der Waals surface area contributed by atoms with Crippen LogP contribution in [-0.2, 0) is 113 Å².